The van der Waals surface area contributed by atoms with Crippen molar-refractivity contribution in [3.63, 3.8) is 0 Å². The van der Waals surface area contributed by atoms with Gasteiger partial charge in [0.1, 0.15) is 0 Å². The molecule has 2 atom stereocenters. The van der Waals surface area contributed by atoms with Crippen LogP contribution in [0.2, 0.25) is 0 Å². The van der Waals surface area contributed by atoms with E-state index in [-0.39, 0.29) is 6.04 Å². The Hall–Kier alpha value is -0.850. The number of rotatable bonds is 5. The largest absolute Gasteiger partial charge is 0.296 e. The molecule has 0 spiro atoms. The normalized spacial score (nSPS) is 14.5. The van der Waals surface area contributed by atoms with Crippen LogP contribution in [0.4, 0.5) is 0 Å². The molecule has 2 nitrogen and oxygen atoms in total. The van der Waals surface area contributed by atoms with Crippen LogP contribution < -0.4 is 5.32 Å². The minimum Gasteiger partial charge on any atom is -0.296 e. The highest BCUT2D eigenvalue weighted by Gasteiger charge is 2.13. The van der Waals surface area contributed by atoms with Crippen LogP contribution in [0.1, 0.15) is 43.3 Å². The Kier molecular flexibility index (Phi) is 4.80. The molecule has 1 rings (SSSR count). The molecule has 0 aliphatic carbocycles. The molecular formula is C12H18N2S. The van der Waals surface area contributed by atoms with Crippen LogP contribution in [-0.2, 0) is 0 Å². The van der Waals surface area contributed by atoms with Gasteiger partial charge in [-0.2, -0.15) is 0 Å². The van der Waals surface area contributed by atoms with E-state index in [0.717, 1.165) is 18.5 Å². The van der Waals surface area contributed by atoms with E-state index in [1.165, 1.54) is 4.88 Å². The third kappa shape index (κ3) is 3.33. The van der Waals surface area contributed by atoms with Crippen LogP contribution in [0.5, 0.6) is 0 Å². The lowest BCUT2D eigenvalue weighted by Gasteiger charge is -2.18. The maximum absolute atomic E-state index is 5.47. The van der Waals surface area contributed by atoms with Gasteiger partial charge in [0.15, 0.2) is 0 Å². The SMILES string of the molecule is C#CC(CCC)NC(C)c1scnc1C. The molecule has 1 N–H and O–H groups in total. The van der Waals surface area contributed by atoms with Crippen LogP contribution in [0.25, 0.3) is 0 Å². The molecule has 1 aromatic rings. The van der Waals surface area contributed by atoms with Crippen molar-refractivity contribution in [1.82, 2.24) is 10.3 Å². The summed E-state index contributed by atoms with van der Waals surface area (Å²) in [7, 11) is 0. The first-order chi connectivity index (χ1) is 7.19. The predicted octanol–water partition coefficient (Wildman–Crippen LogP) is 2.90. The molecule has 0 aliphatic rings. The zero-order valence-corrected chi connectivity index (χ0v) is 10.4. The Morgan fingerprint density at radius 1 is 1.67 bits per heavy atom. The summed E-state index contributed by atoms with van der Waals surface area (Å²) in [6.45, 7) is 6.32. The van der Waals surface area contributed by atoms with Crippen molar-refractivity contribution in [3.05, 3.63) is 16.1 Å². The molecule has 2 unspecified atom stereocenters. The third-order valence-corrected chi connectivity index (χ3v) is 3.52. The summed E-state index contributed by atoms with van der Waals surface area (Å²) >= 11 is 1.69. The van der Waals surface area contributed by atoms with E-state index in [1.54, 1.807) is 11.3 Å². The van der Waals surface area contributed by atoms with Crippen LogP contribution in [-0.4, -0.2) is 11.0 Å². The van der Waals surface area contributed by atoms with Crippen molar-refractivity contribution < 1.29 is 0 Å². The maximum Gasteiger partial charge on any atom is 0.0798 e. The molecule has 0 saturated heterocycles. The van der Waals surface area contributed by atoms with Gasteiger partial charge in [-0.1, -0.05) is 19.3 Å². The minimum absolute atomic E-state index is 0.173. The van der Waals surface area contributed by atoms with Gasteiger partial charge in [-0.3, -0.25) is 5.32 Å². The van der Waals surface area contributed by atoms with Gasteiger partial charge in [0.2, 0.25) is 0 Å². The Labute approximate surface area is 96.1 Å². The van der Waals surface area contributed by atoms with Gasteiger partial charge in [-0.25, -0.2) is 4.98 Å². The summed E-state index contributed by atoms with van der Waals surface area (Å²) in [6, 6.07) is 0.469. The number of nitrogens with one attached hydrogen (secondary N) is 1. The van der Waals surface area contributed by atoms with E-state index in [4.69, 9.17) is 6.42 Å². The van der Waals surface area contributed by atoms with Crippen molar-refractivity contribution in [2.24, 2.45) is 0 Å². The zero-order valence-electron chi connectivity index (χ0n) is 9.58. The van der Waals surface area contributed by atoms with Gasteiger partial charge in [-0.15, -0.1) is 17.8 Å². The van der Waals surface area contributed by atoms with Crippen molar-refractivity contribution >= 4 is 11.3 Å². The van der Waals surface area contributed by atoms with Crippen LogP contribution >= 0.6 is 11.3 Å². The summed E-state index contributed by atoms with van der Waals surface area (Å²) in [4.78, 5) is 5.53. The quantitative estimate of drug-likeness (QED) is 0.775. The Bertz CT molecular complexity index is 338. The van der Waals surface area contributed by atoms with Crippen LogP contribution in [0.15, 0.2) is 5.51 Å². The first kappa shape index (κ1) is 12.2. The van der Waals surface area contributed by atoms with E-state index < -0.39 is 0 Å². The molecule has 1 aromatic heterocycles. The van der Waals surface area contributed by atoms with Gasteiger partial charge >= 0.3 is 0 Å². The first-order valence-electron chi connectivity index (χ1n) is 5.31. The average molecular weight is 222 g/mol. The molecule has 3 heteroatoms. The molecule has 0 fully saturated rings. The molecule has 0 amide bonds. The van der Waals surface area contributed by atoms with E-state index in [0.29, 0.717) is 6.04 Å². The maximum atomic E-state index is 5.47. The molecule has 0 bridgehead atoms. The lowest BCUT2D eigenvalue weighted by Crippen LogP contribution is -2.30. The van der Waals surface area contributed by atoms with Crippen LogP contribution in [0, 0.1) is 19.3 Å². The van der Waals surface area contributed by atoms with E-state index in [1.807, 2.05) is 12.4 Å². The summed E-state index contributed by atoms with van der Waals surface area (Å²) in [5.74, 6) is 2.79. The Morgan fingerprint density at radius 2 is 2.40 bits per heavy atom. The smallest absolute Gasteiger partial charge is 0.0798 e. The van der Waals surface area contributed by atoms with E-state index >= 15 is 0 Å². The van der Waals surface area contributed by atoms with Crippen molar-refractivity contribution in [3.8, 4) is 12.3 Å². The fourth-order valence-corrected chi connectivity index (χ4v) is 2.43. The number of aromatic nitrogens is 1. The molecule has 0 radical (unpaired) electrons. The summed E-state index contributed by atoms with van der Waals surface area (Å²) in [5, 5.41) is 3.45. The fraction of sp³-hybridized carbons (Fsp3) is 0.583. The minimum atomic E-state index is 0.173. The van der Waals surface area contributed by atoms with Crippen molar-refractivity contribution in [2.75, 3.05) is 0 Å². The predicted molar refractivity (Wildman–Crippen MR) is 65.9 cm³/mol. The number of nitrogens with zero attached hydrogens (tertiary/aromatic N) is 1. The second-order valence-electron chi connectivity index (χ2n) is 3.70. The third-order valence-electron chi connectivity index (χ3n) is 2.41. The highest BCUT2D eigenvalue weighted by atomic mass is 32.1. The Balaban J connectivity index is 2.59. The van der Waals surface area contributed by atoms with E-state index in [9.17, 15) is 0 Å². The molecule has 0 aliphatic heterocycles. The standard InChI is InChI=1S/C12H18N2S/c1-5-7-11(6-2)14-10(4)12-9(3)13-8-15-12/h2,8,10-11,14H,5,7H2,1,3-4H3. The fourth-order valence-electron chi connectivity index (χ4n) is 1.61. The average Bonchev–Trinajstić information content (AvgIpc) is 2.63. The summed E-state index contributed by atoms with van der Waals surface area (Å²) in [6.07, 6.45) is 7.61. The monoisotopic (exact) mass is 222 g/mol. The molecule has 82 valence electrons. The van der Waals surface area contributed by atoms with Gasteiger partial charge in [0.25, 0.3) is 0 Å². The van der Waals surface area contributed by atoms with Gasteiger partial charge < -0.3 is 0 Å². The number of thiazole rings is 1. The molecule has 15 heavy (non-hydrogen) atoms. The van der Waals surface area contributed by atoms with E-state index in [2.05, 4.69) is 30.1 Å². The highest BCUT2D eigenvalue weighted by Crippen LogP contribution is 2.21. The van der Waals surface area contributed by atoms with Crippen molar-refractivity contribution in [1.29, 1.82) is 0 Å². The number of terminal acetylenes is 1. The molecule has 0 saturated carbocycles. The van der Waals surface area contributed by atoms with Gasteiger partial charge in [-0.05, 0) is 20.3 Å². The zero-order chi connectivity index (χ0) is 11.3. The van der Waals surface area contributed by atoms with Crippen molar-refractivity contribution in [2.45, 2.75) is 45.7 Å². The second-order valence-corrected chi connectivity index (χ2v) is 4.58. The first-order valence-corrected chi connectivity index (χ1v) is 6.19. The summed E-state index contributed by atoms with van der Waals surface area (Å²) in [5.41, 5.74) is 2.99. The molecule has 1 heterocycles. The summed E-state index contributed by atoms with van der Waals surface area (Å²) < 4.78 is 0. The lowest BCUT2D eigenvalue weighted by atomic mass is 10.1. The lowest BCUT2D eigenvalue weighted by molar-refractivity contribution is 0.498. The van der Waals surface area contributed by atoms with Gasteiger partial charge in [0.05, 0.1) is 17.2 Å². The number of hydrogen-bond donors (Lipinski definition) is 1. The molecule has 0 aromatic carbocycles. The molecular weight excluding hydrogens is 204 g/mol. The number of aryl methyl sites for hydroxylation is 1. The highest BCUT2D eigenvalue weighted by molar-refractivity contribution is 7.09. The van der Waals surface area contributed by atoms with Gasteiger partial charge in [0, 0.05) is 10.9 Å². The Morgan fingerprint density at radius 3 is 2.87 bits per heavy atom. The topological polar surface area (TPSA) is 24.9 Å². The number of hydrogen-bond acceptors (Lipinski definition) is 3. The van der Waals surface area contributed by atoms with Crippen LogP contribution in [0.3, 0.4) is 0 Å². The second kappa shape index (κ2) is 5.89.